The monoisotopic (exact) mass is 270 g/mol. The van der Waals surface area contributed by atoms with Crippen LogP contribution in [0.3, 0.4) is 0 Å². The predicted molar refractivity (Wildman–Crippen MR) is 64.8 cm³/mol. The lowest BCUT2D eigenvalue weighted by molar-refractivity contribution is 0.0769. The number of hydrogen-bond donors (Lipinski definition) is 1. The number of carbonyl (C=O) groups excluding carboxylic acids is 1. The quantitative estimate of drug-likeness (QED) is 0.908. The normalized spacial score (nSPS) is 10.1. The molecule has 1 amide bonds. The van der Waals surface area contributed by atoms with Gasteiger partial charge in [0.25, 0.3) is 5.91 Å². The lowest BCUT2D eigenvalue weighted by Gasteiger charge is -2.19. The zero-order valence-corrected chi connectivity index (χ0v) is 10.3. The number of halogens is 1. The van der Waals surface area contributed by atoms with Crippen LogP contribution in [-0.2, 0) is 0 Å². The summed E-state index contributed by atoms with van der Waals surface area (Å²) < 4.78 is 0.973. The Kier molecular flexibility index (Phi) is 4.78. The van der Waals surface area contributed by atoms with Gasteiger partial charge in [-0.1, -0.05) is 15.9 Å². The highest BCUT2D eigenvalue weighted by Gasteiger charge is 2.12. The highest BCUT2D eigenvalue weighted by Crippen LogP contribution is 2.12. The molecular weight excluding hydrogens is 256 g/mol. The van der Waals surface area contributed by atoms with Crippen LogP contribution in [-0.4, -0.2) is 30.4 Å². The summed E-state index contributed by atoms with van der Waals surface area (Å²) in [6.45, 7) is 3.74. The molecule has 4 heteroatoms. The van der Waals surface area contributed by atoms with Gasteiger partial charge in [-0.2, -0.15) is 0 Å². The minimum atomic E-state index is 0.0375. The van der Waals surface area contributed by atoms with Crippen molar-refractivity contribution >= 4 is 21.8 Å². The average molecular weight is 271 g/mol. The fraction of sp³-hybridized carbons (Fsp3) is 0.364. The van der Waals surface area contributed by atoms with Gasteiger partial charge in [0.2, 0.25) is 0 Å². The number of nitrogens with zero attached hydrogens (tertiary/aromatic N) is 1. The second-order valence-corrected chi connectivity index (χ2v) is 4.10. The van der Waals surface area contributed by atoms with Gasteiger partial charge in [0.05, 0.1) is 0 Å². The topological polar surface area (TPSA) is 46.3 Å². The van der Waals surface area contributed by atoms with Crippen molar-refractivity contribution in [2.24, 2.45) is 5.73 Å². The van der Waals surface area contributed by atoms with Gasteiger partial charge < -0.3 is 10.6 Å². The summed E-state index contributed by atoms with van der Waals surface area (Å²) in [5.74, 6) is 0.0375. The molecule has 1 rings (SSSR count). The van der Waals surface area contributed by atoms with Crippen molar-refractivity contribution in [3.05, 3.63) is 34.3 Å². The molecule has 0 unspecified atom stereocenters. The van der Waals surface area contributed by atoms with E-state index in [-0.39, 0.29) is 5.91 Å². The van der Waals surface area contributed by atoms with E-state index in [1.807, 2.05) is 31.2 Å². The summed E-state index contributed by atoms with van der Waals surface area (Å²) in [7, 11) is 0. The van der Waals surface area contributed by atoms with Crippen LogP contribution in [0, 0.1) is 0 Å². The summed E-state index contributed by atoms with van der Waals surface area (Å²) in [4.78, 5) is 13.7. The number of carbonyl (C=O) groups is 1. The molecule has 3 nitrogen and oxygen atoms in total. The predicted octanol–water partition coefficient (Wildman–Crippen LogP) is 1.87. The van der Waals surface area contributed by atoms with Crippen LogP contribution < -0.4 is 5.73 Å². The Hall–Kier alpha value is -0.870. The molecule has 0 heterocycles. The summed E-state index contributed by atoms with van der Waals surface area (Å²) in [6, 6.07) is 7.35. The Labute approximate surface area is 98.4 Å². The standard InChI is InChI=1S/C11H15BrN2O/c1-2-14(8-7-13)11(15)9-3-5-10(12)6-4-9/h3-6H,2,7-8,13H2,1H3. The smallest absolute Gasteiger partial charge is 0.253 e. The van der Waals surface area contributed by atoms with E-state index < -0.39 is 0 Å². The SMILES string of the molecule is CCN(CCN)C(=O)c1ccc(Br)cc1. The molecular formula is C11H15BrN2O. The van der Waals surface area contributed by atoms with E-state index in [1.54, 1.807) is 4.90 Å². The fourth-order valence-corrected chi connectivity index (χ4v) is 1.60. The Morgan fingerprint density at radius 1 is 1.40 bits per heavy atom. The van der Waals surface area contributed by atoms with Crippen LogP contribution in [0.15, 0.2) is 28.7 Å². The van der Waals surface area contributed by atoms with Gasteiger partial charge >= 0.3 is 0 Å². The van der Waals surface area contributed by atoms with E-state index in [2.05, 4.69) is 15.9 Å². The number of nitrogens with two attached hydrogens (primary N) is 1. The maximum Gasteiger partial charge on any atom is 0.253 e. The number of benzene rings is 1. The molecule has 0 aromatic heterocycles. The number of rotatable bonds is 4. The van der Waals surface area contributed by atoms with Gasteiger partial charge in [-0.3, -0.25) is 4.79 Å². The molecule has 0 aliphatic rings. The van der Waals surface area contributed by atoms with E-state index >= 15 is 0 Å². The summed E-state index contributed by atoms with van der Waals surface area (Å²) in [6.07, 6.45) is 0. The molecule has 15 heavy (non-hydrogen) atoms. The van der Waals surface area contributed by atoms with Gasteiger partial charge in [-0.25, -0.2) is 0 Å². The fourth-order valence-electron chi connectivity index (χ4n) is 1.33. The Morgan fingerprint density at radius 3 is 2.47 bits per heavy atom. The summed E-state index contributed by atoms with van der Waals surface area (Å²) in [5.41, 5.74) is 6.15. The number of amides is 1. The van der Waals surface area contributed by atoms with Crippen LogP contribution in [0.25, 0.3) is 0 Å². The molecule has 0 radical (unpaired) electrons. The zero-order valence-electron chi connectivity index (χ0n) is 8.74. The molecule has 0 aliphatic heterocycles. The third-order valence-electron chi connectivity index (χ3n) is 2.16. The van der Waals surface area contributed by atoms with Gasteiger partial charge in [0, 0.05) is 29.7 Å². The van der Waals surface area contributed by atoms with E-state index in [0.717, 1.165) is 4.47 Å². The molecule has 0 aliphatic carbocycles. The minimum absolute atomic E-state index is 0.0375. The van der Waals surface area contributed by atoms with Crippen molar-refractivity contribution in [2.75, 3.05) is 19.6 Å². The van der Waals surface area contributed by atoms with Gasteiger partial charge in [-0.05, 0) is 31.2 Å². The van der Waals surface area contributed by atoms with Crippen LogP contribution in [0.4, 0.5) is 0 Å². The van der Waals surface area contributed by atoms with Gasteiger partial charge in [0.15, 0.2) is 0 Å². The lowest BCUT2D eigenvalue weighted by Crippen LogP contribution is -2.35. The lowest BCUT2D eigenvalue weighted by atomic mass is 10.2. The van der Waals surface area contributed by atoms with Crippen molar-refractivity contribution in [1.82, 2.24) is 4.90 Å². The molecule has 82 valence electrons. The Morgan fingerprint density at radius 2 is 2.00 bits per heavy atom. The highest BCUT2D eigenvalue weighted by molar-refractivity contribution is 9.10. The van der Waals surface area contributed by atoms with Crippen molar-refractivity contribution < 1.29 is 4.79 Å². The molecule has 0 saturated carbocycles. The highest BCUT2D eigenvalue weighted by atomic mass is 79.9. The first-order chi connectivity index (χ1) is 7.19. The molecule has 1 aromatic carbocycles. The first-order valence-corrected chi connectivity index (χ1v) is 5.73. The van der Waals surface area contributed by atoms with Crippen LogP contribution in [0.2, 0.25) is 0 Å². The van der Waals surface area contributed by atoms with Crippen molar-refractivity contribution in [3.63, 3.8) is 0 Å². The molecule has 0 atom stereocenters. The number of likely N-dealkylation sites (N-methyl/N-ethyl adjacent to an activating group) is 1. The average Bonchev–Trinajstić information content (AvgIpc) is 2.26. The molecule has 2 N–H and O–H groups in total. The van der Waals surface area contributed by atoms with Gasteiger partial charge in [0.1, 0.15) is 0 Å². The maximum atomic E-state index is 11.9. The van der Waals surface area contributed by atoms with Gasteiger partial charge in [-0.15, -0.1) is 0 Å². The third kappa shape index (κ3) is 3.32. The van der Waals surface area contributed by atoms with E-state index in [1.165, 1.54) is 0 Å². The Balaban J connectivity index is 2.78. The molecule has 0 bridgehead atoms. The minimum Gasteiger partial charge on any atom is -0.338 e. The molecule has 1 aromatic rings. The zero-order chi connectivity index (χ0) is 11.3. The molecule has 0 saturated heterocycles. The second-order valence-electron chi connectivity index (χ2n) is 3.18. The second kappa shape index (κ2) is 5.88. The largest absolute Gasteiger partial charge is 0.338 e. The van der Waals surface area contributed by atoms with Crippen LogP contribution >= 0.6 is 15.9 Å². The third-order valence-corrected chi connectivity index (χ3v) is 2.69. The van der Waals surface area contributed by atoms with Crippen molar-refractivity contribution in [2.45, 2.75) is 6.92 Å². The molecule has 0 spiro atoms. The van der Waals surface area contributed by atoms with Crippen molar-refractivity contribution in [1.29, 1.82) is 0 Å². The Bertz CT molecular complexity index is 324. The first-order valence-electron chi connectivity index (χ1n) is 4.94. The van der Waals surface area contributed by atoms with E-state index in [4.69, 9.17) is 5.73 Å². The summed E-state index contributed by atoms with van der Waals surface area (Å²) >= 11 is 3.33. The van der Waals surface area contributed by atoms with Crippen LogP contribution in [0.5, 0.6) is 0 Å². The van der Waals surface area contributed by atoms with Crippen LogP contribution in [0.1, 0.15) is 17.3 Å². The number of hydrogen-bond acceptors (Lipinski definition) is 2. The summed E-state index contributed by atoms with van der Waals surface area (Å²) in [5, 5.41) is 0. The van der Waals surface area contributed by atoms with Crippen molar-refractivity contribution in [3.8, 4) is 0 Å². The van der Waals surface area contributed by atoms with E-state index in [0.29, 0.717) is 25.2 Å². The first kappa shape index (κ1) is 12.2. The van der Waals surface area contributed by atoms with E-state index in [9.17, 15) is 4.79 Å². The molecule has 0 fully saturated rings. The maximum absolute atomic E-state index is 11.9.